The molecule has 0 bridgehead atoms. The van der Waals surface area contributed by atoms with Gasteiger partial charge in [0, 0.05) is 11.4 Å². The van der Waals surface area contributed by atoms with Crippen LogP contribution in [-0.2, 0) is 0 Å². The summed E-state index contributed by atoms with van der Waals surface area (Å²) in [5.41, 5.74) is 5.36. The Bertz CT molecular complexity index is 940. The number of nitrogens with zero attached hydrogens (tertiary/aromatic N) is 2. The zero-order valence-electron chi connectivity index (χ0n) is 16.5. The molecule has 1 aromatic carbocycles. The molecule has 1 aliphatic carbocycles. The highest BCUT2D eigenvalue weighted by atomic mass is 32.1. The SMILES string of the molecule is CC(C)n1nc(C(=O)NNC(=S)N[C@@H]2CCCC[C@@H]2C)c2ccccc2c1=O. The van der Waals surface area contributed by atoms with Crippen LogP contribution < -0.4 is 21.7 Å². The summed E-state index contributed by atoms with van der Waals surface area (Å²) in [7, 11) is 0. The lowest BCUT2D eigenvalue weighted by Crippen LogP contribution is -2.51. The molecule has 150 valence electrons. The molecule has 3 N–H and O–H groups in total. The van der Waals surface area contributed by atoms with Gasteiger partial charge in [-0.05, 0) is 50.9 Å². The predicted octanol–water partition coefficient (Wildman–Crippen LogP) is 2.67. The zero-order valence-corrected chi connectivity index (χ0v) is 17.3. The molecule has 8 heteroatoms. The van der Waals surface area contributed by atoms with Gasteiger partial charge in [0.2, 0.25) is 0 Å². The van der Waals surface area contributed by atoms with Crippen molar-refractivity contribution < 1.29 is 4.79 Å². The second-order valence-corrected chi connectivity index (χ2v) is 8.07. The maximum absolute atomic E-state index is 12.8. The van der Waals surface area contributed by atoms with Gasteiger partial charge in [0.15, 0.2) is 10.8 Å². The third-order valence-electron chi connectivity index (χ3n) is 5.25. The van der Waals surface area contributed by atoms with Gasteiger partial charge in [0.25, 0.3) is 11.5 Å². The second kappa shape index (κ2) is 8.68. The van der Waals surface area contributed by atoms with E-state index in [1.807, 2.05) is 13.8 Å². The Balaban J connectivity index is 1.75. The fraction of sp³-hybridized carbons (Fsp3) is 0.500. The number of nitrogens with one attached hydrogen (secondary N) is 3. The number of thiocarbonyl (C=S) groups is 1. The summed E-state index contributed by atoms with van der Waals surface area (Å²) in [6, 6.07) is 7.14. The van der Waals surface area contributed by atoms with Gasteiger partial charge in [-0.25, -0.2) is 4.68 Å². The van der Waals surface area contributed by atoms with Crippen LogP contribution in [0.3, 0.4) is 0 Å². The molecule has 2 atom stereocenters. The summed E-state index contributed by atoms with van der Waals surface area (Å²) in [6.07, 6.45) is 4.69. The number of amides is 1. The monoisotopic (exact) mass is 401 g/mol. The van der Waals surface area contributed by atoms with Gasteiger partial charge in [-0.1, -0.05) is 38.0 Å². The van der Waals surface area contributed by atoms with Crippen LogP contribution in [-0.4, -0.2) is 26.8 Å². The van der Waals surface area contributed by atoms with E-state index in [-0.39, 0.29) is 17.3 Å². The van der Waals surface area contributed by atoms with E-state index in [2.05, 4.69) is 28.2 Å². The van der Waals surface area contributed by atoms with Crippen LogP contribution in [0.2, 0.25) is 0 Å². The fourth-order valence-corrected chi connectivity index (χ4v) is 3.83. The summed E-state index contributed by atoms with van der Waals surface area (Å²) < 4.78 is 1.33. The lowest BCUT2D eigenvalue weighted by atomic mass is 9.86. The van der Waals surface area contributed by atoms with E-state index in [1.54, 1.807) is 24.3 Å². The fourth-order valence-electron chi connectivity index (χ4n) is 3.63. The number of hydrazine groups is 1. The van der Waals surface area contributed by atoms with Crippen molar-refractivity contribution in [1.29, 1.82) is 0 Å². The number of carbonyl (C=O) groups is 1. The molecule has 0 spiro atoms. The number of fused-ring (bicyclic) bond motifs is 1. The molecule has 0 aliphatic heterocycles. The average Bonchev–Trinajstić information content (AvgIpc) is 2.68. The molecule has 0 unspecified atom stereocenters. The first-order chi connectivity index (χ1) is 13.4. The van der Waals surface area contributed by atoms with Crippen LogP contribution >= 0.6 is 12.2 Å². The van der Waals surface area contributed by atoms with Crippen molar-refractivity contribution in [2.75, 3.05) is 0 Å². The van der Waals surface area contributed by atoms with Gasteiger partial charge < -0.3 is 5.32 Å². The molecule has 1 saturated carbocycles. The first kappa shape index (κ1) is 20.3. The predicted molar refractivity (Wildman–Crippen MR) is 114 cm³/mol. The smallest absolute Gasteiger partial charge is 0.290 e. The number of hydrogen-bond acceptors (Lipinski definition) is 4. The molecule has 1 amide bonds. The minimum Gasteiger partial charge on any atom is -0.358 e. The summed E-state index contributed by atoms with van der Waals surface area (Å²) in [5, 5.41) is 8.94. The number of aromatic nitrogens is 2. The van der Waals surface area contributed by atoms with Crippen LogP contribution in [0, 0.1) is 5.92 Å². The van der Waals surface area contributed by atoms with E-state index in [1.165, 1.54) is 23.9 Å². The van der Waals surface area contributed by atoms with Crippen LogP contribution in [0.5, 0.6) is 0 Å². The van der Waals surface area contributed by atoms with E-state index < -0.39 is 5.91 Å². The van der Waals surface area contributed by atoms with Crippen molar-refractivity contribution in [3.05, 3.63) is 40.3 Å². The summed E-state index contributed by atoms with van der Waals surface area (Å²) in [4.78, 5) is 25.4. The number of rotatable bonds is 3. The van der Waals surface area contributed by atoms with Crippen molar-refractivity contribution >= 4 is 34.0 Å². The Labute approximate surface area is 169 Å². The van der Waals surface area contributed by atoms with Gasteiger partial charge in [0.1, 0.15) is 0 Å². The molecule has 1 aliphatic rings. The standard InChI is InChI=1S/C20H27N5O2S/c1-12(2)25-19(27)15-10-6-5-9-14(15)17(24-25)18(26)22-23-20(28)21-16-11-7-4-8-13(16)3/h5-6,9-10,12-13,16H,4,7-8,11H2,1-3H3,(H,22,26)(H2,21,23,28)/t13-,16+/m0/s1. The summed E-state index contributed by atoms with van der Waals surface area (Å²) in [6.45, 7) is 5.92. The van der Waals surface area contributed by atoms with E-state index >= 15 is 0 Å². The van der Waals surface area contributed by atoms with Crippen LogP contribution in [0.15, 0.2) is 29.1 Å². The summed E-state index contributed by atoms with van der Waals surface area (Å²) >= 11 is 5.33. The quantitative estimate of drug-likeness (QED) is 0.541. The molecule has 1 fully saturated rings. The van der Waals surface area contributed by atoms with E-state index in [9.17, 15) is 9.59 Å². The Morgan fingerprint density at radius 1 is 1.18 bits per heavy atom. The first-order valence-corrected chi connectivity index (χ1v) is 10.2. The molecular weight excluding hydrogens is 374 g/mol. The second-order valence-electron chi connectivity index (χ2n) is 7.66. The normalized spacial score (nSPS) is 19.4. The van der Waals surface area contributed by atoms with Gasteiger partial charge in [0.05, 0.1) is 11.4 Å². The number of hydrogen-bond donors (Lipinski definition) is 3. The lowest BCUT2D eigenvalue weighted by molar-refractivity contribution is 0.0937. The van der Waals surface area contributed by atoms with Crippen LogP contribution in [0.25, 0.3) is 10.8 Å². The molecule has 3 rings (SSSR count). The van der Waals surface area contributed by atoms with E-state index in [0.29, 0.717) is 27.8 Å². The Kier molecular flexibility index (Phi) is 6.28. The summed E-state index contributed by atoms with van der Waals surface area (Å²) in [5.74, 6) is 0.107. The number of benzene rings is 1. The molecule has 2 aromatic rings. The van der Waals surface area contributed by atoms with Crippen molar-refractivity contribution in [3.8, 4) is 0 Å². The van der Waals surface area contributed by atoms with Gasteiger partial charge in [-0.2, -0.15) is 5.10 Å². The van der Waals surface area contributed by atoms with Gasteiger partial charge >= 0.3 is 0 Å². The van der Waals surface area contributed by atoms with Crippen molar-refractivity contribution in [2.45, 2.75) is 58.5 Å². The minimum atomic E-state index is -0.438. The average molecular weight is 402 g/mol. The maximum atomic E-state index is 12.8. The van der Waals surface area contributed by atoms with Crippen LogP contribution in [0.1, 0.15) is 63.0 Å². The zero-order chi connectivity index (χ0) is 20.3. The Morgan fingerprint density at radius 2 is 1.86 bits per heavy atom. The highest BCUT2D eigenvalue weighted by molar-refractivity contribution is 7.80. The van der Waals surface area contributed by atoms with Gasteiger partial charge in [-0.3, -0.25) is 20.4 Å². The molecule has 28 heavy (non-hydrogen) atoms. The third kappa shape index (κ3) is 4.32. The molecule has 0 radical (unpaired) electrons. The molecular formula is C20H27N5O2S. The Morgan fingerprint density at radius 3 is 2.54 bits per heavy atom. The maximum Gasteiger partial charge on any atom is 0.290 e. The van der Waals surface area contributed by atoms with Crippen LogP contribution in [0.4, 0.5) is 0 Å². The highest BCUT2D eigenvalue weighted by Crippen LogP contribution is 2.23. The molecule has 1 heterocycles. The lowest BCUT2D eigenvalue weighted by Gasteiger charge is -2.30. The number of carbonyl (C=O) groups excluding carboxylic acids is 1. The molecule has 1 aromatic heterocycles. The minimum absolute atomic E-state index is 0.160. The third-order valence-corrected chi connectivity index (χ3v) is 5.47. The van der Waals surface area contributed by atoms with Gasteiger partial charge in [-0.15, -0.1) is 0 Å². The largest absolute Gasteiger partial charge is 0.358 e. The molecule has 7 nitrogen and oxygen atoms in total. The van der Waals surface area contributed by atoms with Crippen molar-refractivity contribution in [3.63, 3.8) is 0 Å². The van der Waals surface area contributed by atoms with E-state index in [0.717, 1.165) is 6.42 Å². The Hall–Kier alpha value is -2.48. The van der Waals surface area contributed by atoms with Crippen molar-refractivity contribution in [1.82, 2.24) is 25.9 Å². The molecule has 0 saturated heterocycles. The topological polar surface area (TPSA) is 88.1 Å². The highest BCUT2D eigenvalue weighted by Gasteiger charge is 2.22. The first-order valence-electron chi connectivity index (χ1n) is 9.77. The van der Waals surface area contributed by atoms with Crippen molar-refractivity contribution in [2.24, 2.45) is 5.92 Å². The van der Waals surface area contributed by atoms with E-state index in [4.69, 9.17) is 12.2 Å².